The number of hydrogen-bond acceptors (Lipinski definition) is 4. The molecule has 2 aromatic rings. The first-order valence-electron chi connectivity index (χ1n) is 9.07. The minimum absolute atomic E-state index is 0.175. The molecule has 1 fully saturated rings. The largest absolute Gasteiger partial charge is 0.299 e. The number of carbonyl (C=O) groups excluding carboxylic acids is 1. The van der Waals surface area contributed by atoms with Crippen molar-refractivity contribution in [2.75, 3.05) is 18.4 Å². The number of benzene rings is 1. The molecule has 1 aliphatic rings. The smallest absolute Gasteiger partial charge is 0.258 e. The number of anilines is 1. The lowest BCUT2D eigenvalue weighted by Crippen LogP contribution is -2.33. The van der Waals surface area contributed by atoms with Crippen LogP contribution in [0.15, 0.2) is 24.3 Å². The van der Waals surface area contributed by atoms with Crippen molar-refractivity contribution in [3.05, 3.63) is 41.2 Å². The minimum atomic E-state index is -0.175. The van der Waals surface area contributed by atoms with Crippen molar-refractivity contribution in [1.29, 1.82) is 0 Å². The SMILES string of the molecule is CCc1nc(NC(=O)c2ccc(CN3CCC[C@H](C)C3)cc2)nn1C. The first-order chi connectivity index (χ1) is 12.0. The van der Waals surface area contributed by atoms with Gasteiger partial charge in [0, 0.05) is 32.1 Å². The van der Waals surface area contributed by atoms with Gasteiger partial charge in [0.25, 0.3) is 5.91 Å². The summed E-state index contributed by atoms with van der Waals surface area (Å²) in [6.07, 6.45) is 3.39. The molecule has 0 unspecified atom stereocenters. The second-order valence-corrected chi connectivity index (χ2v) is 6.96. The van der Waals surface area contributed by atoms with Crippen molar-refractivity contribution in [3.8, 4) is 0 Å². The van der Waals surface area contributed by atoms with Gasteiger partial charge in [-0.3, -0.25) is 19.7 Å². The molecule has 0 radical (unpaired) electrons. The van der Waals surface area contributed by atoms with Crippen LogP contribution in [-0.4, -0.2) is 38.7 Å². The second-order valence-electron chi connectivity index (χ2n) is 6.96. The van der Waals surface area contributed by atoms with Gasteiger partial charge in [-0.2, -0.15) is 4.98 Å². The molecule has 1 N–H and O–H groups in total. The van der Waals surface area contributed by atoms with Crippen LogP contribution in [0.5, 0.6) is 0 Å². The number of aromatic nitrogens is 3. The topological polar surface area (TPSA) is 63.1 Å². The number of amides is 1. The van der Waals surface area contributed by atoms with Crippen molar-refractivity contribution in [3.63, 3.8) is 0 Å². The Morgan fingerprint density at radius 2 is 2.08 bits per heavy atom. The molecule has 3 rings (SSSR count). The molecular formula is C19H27N5O. The predicted molar refractivity (Wildman–Crippen MR) is 98.5 cm³/mol. The van der Waals surface area contributed by atoms with E-state index in [-0.39, 0.29) is 5.91 Å². The van der Waals surface area contributed by atoms with Gasteiger partial charge in [-0.1, -0.05) is 26.0 Å². The van der Waals surface area contributed by atoms with E-state index in [1.165, 1.54) is 18.4 Å². The number of aryl methyl sites for hydroxylation is 2. The Morgan fingerprint density at radius 1 is 1.32 bits per heavy atom. The Labute approximate surface area is 149 Å². The minimum Gasteiger partial charge on any atom is -0.299 e. The van der Waals surface area contributed by atoms with Gasteiger partial charge in [0.05, 0.1) is 0 Å². The molecule has 1 aliphatic heterocycles. The first kappa shape index (κ1) is 17.6. The van der Waals surface area contributed by atoms with Gasteiger partial charge < -0.3 is 0 Å². The molecule has 0 spiro atoms. The van der Waals surface area contributed by atoms with E-state index in [0.717, 1.165) is 37.8 Å². The maximum atomic E-state index is 12.4. The Hall–Kier alpha value is -2.21. The van der Waals surface area contributed by atoms with Crippen LogP contribution in [0, 0.1) is 5.92 Å². The fourth-order valence-electron chi connectivity index (χ4n) is 3.40. The number of rotatable bonds is 5. The molecule has 1 atom stereocenters. The van der Waals surface area contributed by atoms with E-state index in [4.69, 9.17) is 0 Å². The highest BCUT2D eigenvalue weighted by Crippen LogP contribution is 2.18. The molecular weight excluding hydrogens is 314 g/mol. The van der Waals surface area contributed by atoms with Crippen molar-refractivity contribution in [1.82, 2.24) is 19.7 Å². The highest BCUT2D eigenvalue weighted by atomic mass is 16.1. The standard InChI is InChI=1S/C19H27N5O/c1-4-17-20-19(22-23(17)3)21-18(25)16-9-7-15(8-10-16)13-24-11-5-6-14(2)12-24/h7-10,14H,4-6,11-13H2,1-3H3,(H,21,22,25)/t14-/m0/s1. The fourth-order valence-corrected chi connectivity index (χ4v) is 3.40. The highest BCUT2D eigenvalue weighted by Gasteiger charge is 2.16. The number of likely N-dealkylation sites (tertiary alicyclic amines) is 1. The third-order valence-electron chi connectivity index (χ3n) is 4.76. The van der Waals surface area contributed by atoms with Gasteiger partial charge in [-0.15, -0.1) is 5.10 Å². The van der Waals surface area contributed by atoms with Gasteiger partial charge in [-0.05, 0) is 43.0 Å². The van der Waals surface area contributed by atoms with E-state index < -0.39 is 0 Å². The molecule has 1 aromatic heterocycles. The summed E-state index contributed by atoms with van der Waals surface area (Å²) in [5, 5.41) is 6.98. The first-order valence-corrected chi connectivity index (χ1v) is 9.07. The van der Waals surface area contributed by atoms with Crippen LogP contribution in [0.25, 0.3) is 0 Å². The highest BCUT2D eigenvalue weighted by molar-refractivity contribution is 6.03. The Bertz CT molecular complexity index is 722. The maximum absolute atomic E-state index is 12.4. The third kappa shape index (κ3) is 4.45. The summed E-state index contributed by atoms with van der Waals surface area (Å²) >= 11 is 0. The summed E-state index contributed by atoms with van der Waals surface area (Å²) in [6, 6.07) is 7.83. The Balaban J connectivity index is 1.60. The monoisotopic (exact) mass is 341 g/mol. The summed E-state index contributed by atoms with van der Waals surface area (Å²) in [7, 11) is 1.83. The third-order valence-corrected chi connectivity index (χ3v) is 4.76. The van der Waals surface area contributed by atoms with E-state index >= 15 is 0 Å². The molecule has 0 bridgehead atoms. The van der Waals surface area contributed by atoms with E-state index in [1.54, 1.807) is 4.68 Å². The van der Waals surface area contributed by atoms with Crippen molar-refractivity contribution < 1.29 is 4.79 Å². The molecule has 25 heavy (non-hydrogen) atoms. The summed E-state index contributed by atoms with van der Waals surface area (Å²) in [4.78, 5) is 19.2. The van der Waals surface area contributed by atoms with Crippen LogP contribution in [-0.2, 0) is 20.0 Å². The van der Waals surface area contributed by atoms with Crippen LogP contribution in [0.2, 0.25) is 0 Å². The van der Waals surface area contributed by atoms with Gasteiger partial charge in [0.1, 0.15) is 5.82 Å². The van der Waals surface area contributed by atoms with E-state index in [0.29, 0.717) is 11.5 Å². The second kappa shape index (κ2) is 7.78. The van der Waals surface area contributed by atoms with Crippen LogP contribution >= 0.6 is 0 Å². The number of nitrogens with one attached hydrogen (secondary N) is 1. The van der Waals surface area contributed by atoms with Crippen LogP contribution < -0.4 is 5.32 Å². The van der Waals surface area contributed by atoms with Gasteiger partial charge in [0.15, 0.2) is 0 Å². The van der Waals surface area contributed by atoms with Gasteiger partial charge in [-0.25, -0.2) is 0 Å². The maximum Gasteiger partial charge on any atom is 0.258 e. The zero-order chi connectivity index (χ0) is 17.8. The summed E-state index contributed by atoms with van der Waals surface area (Å²) in [5.41, 5.74) is 1.87. The van der Waals surface area contributed by atoms with Crippen molar-refractivity contribution in [2.24, 2.45) is 13.0 Å². The van der Waals surface area contributed by atoms with E-state index in [9.17, 15) is 4.79 Å². The summed E-state index contributed by atoms with van der Waals surface area (Å²) in [5.74, 6) is 1.81. The van der Waals surface area contributed by atoms with Crippen LogP contribution in [0.3, 0.4) is 0 Å². The quantitative estimate of drug-likeness (QED) is 0.908. The number of carbonyl (C=O) groups is 1. The molecule has 1 aromatic carbocycles. The molecule has 6 heteroatoms. The number of piperidine rings is 1. The Kier molecular flexibility index (Phi) is 5.48. The van der Waals surface area contributed by atoms with Crippen molar-refractivity contribution >= 4 is 11.9 Å². The normalized spacial score (nSPS) is 18.3. The average Bonchev–Trinajstić information content (AvgIpc) is 2.95. The lowest BCUT2D eigenvalue weighted by molar-refractivity contribution is 0.102. The molecule has 6 nitrogen and oxygen atoms in total. The zero-order valence-corrected chi connectivity index (χ0v) is 15.3. The van der Waals surface area contributed by atoms with Crippen LogP contribution in [0.1, 0.15) is 48.4 Å². The lowest BCUT2D eigenvalue weighted by Gasteiger charge is -2.30. The van der Waals surface area contributed by atoms with Crippen molar-refractivity contribution in [2.45, 2.75) is 39.7 Å². The summed E-state index contributed by atoms with van der Waals surface area (Å²) in [6.45, 7) is 7.60. The lowest BCUT2D eigenvalue weighted by atomic mass is 9.99. The van der Waals surface area contributed by atoms with E-state index in [1.807, 2.05) is 38.2 Å². The average molecular weight is 341 g/mol. The molecule has 1 amide bonds. The predicted octanol–water partition coefficient (Wildman–Crippen LogP) is 2.86. The Morgan fingerprint density at radius 3 is 2.72 bits per heavy atom. The van der Waals surface area contributed by atoms with Crippen LogP contribution in [0.4, 0.5) is 5.95 Å². The molecule has 0 saturated carbocycles. The zero-order valence-electron chi connectivity index (χ0n) is 15.3. The number of nitrogens with zero attached hydrogens (tertiary/aromatic N) is 4. The molecule has 134 valence electrons. The van der Waals surface area contributed by atoms with Gasteiger partial charge >= 0.3 is 0 Å². The molecule has 0 aliphatic carbocycles. The van der Waals surface area contributed by atoms with E-state index in [2.05, 4.69) is 27.2 Å². The fraction of sp³-hybridized carbons (Fsp3) is 0.526. The molecule has 2 heterocycles. The molecule has 1 saturated heterocycles. The summed E-state index contributed by atoms with van der Waals surface area (Å²) < 4.78 is 1.69. The van der Waals surface area contributed by atoms with Gasteiger partial charge in [0.2, 0.25) is 5.95 Å². The number of hydrogen-bond donors (Lipinski definition) is 1.